The number of methoxy groups -OCH3 is 1. The van der Waals surface area contributed by atoms with Gasteiger partial charge in [0.25, 0.3) is 5.69 Å². The minimum atomic E-state index is -0.685. The zero-order valence-corrected chi connectivity index (χ0v) is 20.9. The molecular formula is C26H29FN4O5. The molecule has 1 aliphatic heterocycles. The van der Waals surface area contributed by atoms with Crippen LogP contribution in [-0.2, 0) is 0 Å². The van der Waals surface area contributed by atoms with Crippen LogP contribution in [0.3, 0.4) is 0 Å². The fourth-order valence-corrected chi connectivity index (χ4v) is 4.96. The highest BCUT2D eigenvalue weighted by Gasteiger charge is 2.36. The van der Waals surface area contributed by atoms with Gasteiger partial charge in [-0.15, -0.1) is 0 Å². The Hall–Kier alpha value is -3.95. The summed E-state index contributed by atoms with van der Waals surface area (Å²) in [6.07, 6.45) is 3.15. The van der Waals surface area contributed by atoms with E-state index in [1.807, 2.05) is 0 Å². The number of hydrogen-bond acceptors (Lipinski definition) is 7. The molecule has 0 fully saturated rings. The number of benzene rings is 2. The third-order valence-electron chi connectivity index (χ3n) is 6.54. The van der Waals surface area contributed by atoms with E-state index in [-0.39, 0.29) is 39.8 Å². The summed E-state index contributed by atoms with van der Waals surface area (Å²) in [6.45, 7) is 9.42. The largest absolute Gasteiger partial charge is 0.493 e. The second-order valence-electron chi connectivity index (χ2n) is 9.64. The molecule has 36 heavy (non-hydrogen) atoms. The maximum absolute atomic E-state index is 15.0. The molecule has 1 amide bonds. The maximum atomic E-state index is 15.0. The first-order valence-electron chi connectivity index (χ1n) is 11.8. The van der Waals surface area contributed by atoms with E-state index < -0.39 is 16.6 Å². The smallest absolute Gasteiger partial charge is 0.307 e. The number of amides is 1. The van der Waals surface area contributed by atoms with E-state index in [0.29, 0.717) is 5.39 Å². The molecule has 1 atom stereocenters. The lowest BCUT2D eigenvalue weighted by atomic mass is 9.79. The van der Waals surface area contributed by atoms with Crippen LogP contribution in [0.2, 0.25) is 0 Å². The van der Waals surface area contributed by atoms with Gasteiger partial charge >= 0.3 is 5.91 Å². The van der Waals surface area contributed by atoms with Gasteiger partial charge in [-0.05, 0) is 56.4 Å². The molecule has 1 unspecified atom stereocenters. The van der Waals surface area contributed by atoms with Gasteiger partial charge < -0.3 is 14.1 Å². The Kier molecular flexibility index (Phi) is 6.71. The predicted octanol–water partition coefficient (Wildman–Crippen LogP) is 5.75. The third kappa shape index (κ3) is 4.62. The van der Waals surface area contributed by atoms with Gasteiger partial charge in [-0.25, -0.2) is 9.82 Å². The molecule has 1 aromatic heterocycles. The number of fused-ring (bicyclic) bond motifs is 2. The standard InChI is InChI=1S/C26H29FN4O5/c1-6-7-30-21-12-20(27)17(9-19(21)15(2)13-26(30,3)4)14-28-29-25(32)23-10-16-8-18(31(33)34)11-22(35-5)24(16)36-23/h8-12,14-15H,6-7,13H2,1-5H3,(H,29,32)/b28-14-. The van der Waals surface area contributed by atoms with Gasteiger partial charge in [0, 0.05) is 34.8 Å². The van der Waals surface area contributed by atoms with E-state index in [9.17, 15) is 14.9 Å². The molecule has 0 aliphatic carbocycles. The Morgan fingerprint density at radius 3 is 2.78 bits per heavy atom. The van der Waals surface area contributed by atoms with Crippen molar-refractivity contribution in [2.24, 2.45) is 5.10 Å². The molecular weight excluding hydrogens is 467 g/mol. The number of anilines is 1. The number of nitrogens with one attached hydrogen (secondary N) is 1. The van der Waals surface area contributed by atoms with Crippen LogP contribution < -0.4 is 15.1 Å². The number of nitrogens with zero attached hydrogens (tertiary/aromatic N) is 3. The summed E-state index contributed by atoms with van der Waals surface area (Å²) >= 11 is 0. The molecule has 4 rings (SSSR count). The van der Waals surface area contributed by atoms with Crippen LogP contribution in [0.5, 0.6) is 5.75 Å². The minimum Gasteiger partial charge on any atom is -0.493 e. The van der Waals surface area contributed by atoms with Crippen LogP contribution in [0.25, 0.3) is 11.0 Å². The zero-order valence-electron chi connectivity index (χ0n) is 20.9. The van der Waals surface area contributed by atoms with Crippen molar-refractivity contribution < 1.29 is 23.3 Å². The van der Waals surface area contributed by atoms with E-state index in [4.69, 9.17) is 9.15 Å². The van der Waals surface area contributed by atoms with Crippen molar-refractivity contribution in [2.45, 2.75) is 52.0 Å². The lowest BCUT2D eigenvalue weighted by Crippen LogP contribution is -2.48. The summed E-state index contributed by atoms with van der Waals surface area (Å²) in [5.41, 5.74) is 4.46. The molecule has 190 valence electrons. The zero-order chi connectivity index (χ0) is 26.2. The molecule has 0 radical (unpaired) electrons. The van der Waals surface area contributed by atoms with E-state index in [1.165, 1.54) is 31.5 Å². The molecule has 2 aromatic carbocycles. The second kappa shape index (κ2) is 9.60. The van der Waals surface area contributed by atoms with Crippen molar-refractivity contribution in [2.75, 3.05) is 18.6 Å². The van der Waals surface area contributed by atoms with Crippen molar-refractivity contribution in [3.8, 4) is 5.75 Å². The molecule has 0 saturated heterocycles. The van der Waals surface area contributed by atoms with Crippen LogP contribution in [0, 0.1) is 15.9 Å². The van der Waals surface area contributed by atoms with Crippen LogP contribution in [-0.4, -0.2) is 36.2 Å². The highest BCUT2D eigenvalue weighted by atomic mass is 19.1. The molecule has 0 bridgehead atoms. The highest BCUT2D eigenvalue weighted by molar-refractivity contribution is 5.98. The number of hydrazone groups is 1. The molecule has 0 saturated carbocycles. The average molecular weight is 497 g/mol. The SMILES string of the molecule is CCCN1c2cc(F)c(/C=N\NC(=O)c3cc4cc([N+](=O)[O-])cc(OC)c4o3)cc2C(C)CC1(C)C. The monoisotopic (exact) mass is 496 g/mol. The summed E-state index contributed by atoms with van der Waals surface area (Å²) in [6, 6.07) is 7.20. The summed E-state index contributed by atoms with van der Waals surface area (Å²) in [4.78, 5) is 25.4. The van der Waals surface area contributed by atoms with Crippen molar-refractivity contribution >= 4 is 34.5 Å². The van der Waals surface area contributed by atoms with Gasteiger partial charge in [0.2, 0.25) is 0 Å². The Bertz CT molecular complexity index is 1360. The average Bonchev–Trinajstić information content (AvgIpc) is 3.26. The van der Waals surface area contributed by atoms with Gasteiger partial charge in [-0.1, -0.05) is 13.8 Å². The van der Waals surface area contributed by atoms with E-state index >= 15 is 4.39 Å². The number of rotatable bonds is 7. The summed E-state index contributed by atoms with van der Waals surface area (Å²) < 4.78 is 25.7. The summed E-state index contributed by atoms with van der Waals surface area (Å²) in [7, 11) is 1.35. The lowest BCUT2D eigenvalue weighted by Gasteiger charge is -2.47. The third-order valence-corrected chi connectivity index (χ3v) is 6.54. The minimum absolute atomic E-state index is 0.0753. The molecule has 2 heterocycles. The molecule has 10 heteroatoms. The normalized spacial score (nSPS) is 16.8. The van der Waals surface area contributed by atoms with Gasteiger partial charge in [-0.3, -0.25) is 14.9 Å². The Labute approximate surface area is 208 Å². The summed E-state index contributed by atoms with van der Waals surface area (Å²) in [5.74, 6) is -0.862. The number of ether oxygens (including phenoxy) is 1. The van der Waals surface area contributed by atoms with E-state index in [0.717, 1.165) is 30.6 Å². The van der Waals surface area contributed by atoms with Gasteiger partial charge in [-0.2, -0.15) is 5.10 Å². The Morgan fingerprint density at radius 1 is 1.36 bits per heavy atom. The molecule has 1 N–H and O–H groups in total. The van der Waals surface area contributed by atoms with E-state index in [1.54, 1.807) is 12.1 Å². The topological polar surface area (TPSA) is 110 Å². The number of carbonyl (C=O) groups is 1. The van der Waals surface area contributed by atoms with E-state index in [2.05, 4.69) is 43.1 Å². The van der Waals surface area contributed by atoms with Crippen LogP contribution in [0.15, 0.2) is 39.9 Å². The molecule has 1 aliphatic rings. The Balaban J connectivity index is 1.57. The summed E-state index contributed by atoms with van der Waals surface area (Å²) in [5, 5.41) is 15.4. The van der Waals surface area contributed by atoms with Crippen molar-refractivity contribution in [3.05, 3.63) is 63.2 Å². The second-order valence-corrected chi connectivity index (χ2v) is 9.64. The molecule has 9 nitrogen and oxygen atoms in total. The van der Waals surface area contributed by atoms with Gasteiger partial charge in [0.15, 0.2) is 17.1 Å². The van der Waals surface area contributed by atoms with Gasteiger partial charge in [0.05, 0.1) is 24.3 Å². The number of furan rings is 1. The van der Waals surface area contributed by atoms with Crippen LogP contribution in [0.4, 0.5) is 15.8 Å². The van der Waals surface area contributed by atoms with Crippen molar-refractivity contribution in [1.29, 1.82) is 0 Å². The predicted molar refractivity (Wildman–Crippen MR) is 136 cm³/mol. The number of carbonyl (C=O) groups excluding carboxylic acids is 1. The maximum Gasteiger partial charge on any atom is 0.307 e. The number of hydrogen-bond donors (Lipinski definition) is 1. The van der Waals surface area contributed by atoms with Crippen LogP contribution in [0.1, 0.15) is 68.1 Å². The molecule has 0 spiro atoms. The van der Waals surface area contributed by atoms with Crippen molar-refractivity contribution in [3.63, 3.8) is 0 Å². The number of non-ortho nitro benzene ring substituents is 1. The number of nitro groups is 1. The first kappa shape index (κ1) is 25.2. The first-order chi connectivity index (χ1) is 17.1. The fourth-order valence-electron chi connectivity index (χ4n) is 4.96. The number of halogens is 1. The quantitative estimate of drug-likeness (QED) is 0.253. The molecule has 3 aromatic rings. The Morgan fingerprint density at radius 2 is 2.11 bits per heavy atom. The fraction of sp³-hybridized carbons (Fsp3) is 0.385. The van der Waals surface area contributed by atoms with Crippen molar-refractivity contribution in [1.82, 2.24) is 5.43 Å². The number of nitro benzene ring substituents is 1. The first-order valence-corrected chi connectivity index (χ1v) is 11.8. The van der Waals surface area contributed by atoms with Gasteiger partial charge in [0.1, 0.15) is 5.82 Å². The van der Waals surface area contributed by atoms with Crippen LogP contribution >= 0.6 is 0 Å². The highest BCUT2D eigenvalue weighted by Crippen LogP contribution is 2.44. The lowest BCUT2D eigenvalue weighted by molar-refractivity contribution is -0.384.